The maximum atomic E-state index is 9.18. The number of thioether (sulfide) groups is 2. The minimum Gasteiger partial charge on any atom is -0.390 e. The van der Waals surface area contributed by atoms with Crippen LogP contribution in [-0.4, -0.2) is 71.2 Å². The van der Waals surface area contributed by atoms with Gasteiger partial charge >= 0.3 is 0 Å². The third kappa shape index (κ3) is 4.58. The standard InChI is InChI=1S/C10H15N3O2S.C5H7N3OS/c1-2-4-14-9(3-1)15-8-5-13-7-11-12-10(13)16-6-8;9-4-1-8-3-6-7-5(8)10-2-4/h7-9H,1-6H2;3-4,9H,1-2H2. The predicted molar refractivity (Wildman–Crippen MR) is 96.0 cm³/mol. The van der Waals surface area contributed by atoms with E-state index in [2.05, 4.69) is 20.4 Å². The van der Waals surface area contributed by atoms with Crippen LogP contribution in [0.3, 0.4) is 0 Å². The van der Waals surface area contributed by atoms with E-state index in [0.717, 1.165) is 47.8 Å². The summed E-state index contributed by atoms with van der Waals surface area (Å²) in [4.78, 5) is 0. The second kappa shape index (κ2) is 8.70. The first-order chi connectivity index (χ1) is 12.8. The molecule has 11 heteroatoms. The summed E-state index contributed by atoms with van der Waals surface area (Å²) >= 11 is 3.24. The van der Waals surface area contributed by atoms with Crippen LogP contribution in [0.2, 0.25) is 0 Å². The molecule has 3 aliphatic heterocycles. The number of rotatable bonds is 2. The SMILES string of the molecule is OC1CSc2nncn2C1.c1nnc2n1CC(OC1CCCCO1)CS2. The second-order valence-electron chi connectivity index (χ2n) is 6.36. The van der Waals surface area contributed by atoms with Crippen molar-refractivity contribution in [2.24, 2.45) is 0 Å². The molecule has 2 aromatic rings. The number of aliphatic hydroxyl groups is 1. The number of hydrogen-bond acceptors (Lipinski definition) is 9. The largest absolute Gasteiger partial charge is 0.390 e. The molecule has 0 aliphatic carbocycles. The molecular formula is C15H22N6O3S2. The van der Waals surface area contributed by atoms with Crippen molar-refractivity contribution in [2.45, 2.75) is 61.2 Å². The maximum Gasteiger partial charge on any atom is 0.191 e. The van der Waals surface area contributed by atoms with E-state index in [1.54, 1.807) is 36.2 Å². The summed E-state index contributed by atoms with van der Waals surface area (Å²) in [5, 5.41) is 26.6. The van der Waals surface area contributed by atoms with Gasteiger partial charge < -0.3 is 23.7 Å². The highest BCUT2D eigenvalue weighted by molar-refractivity contribution is 7.99. The molecule has 2 aromatic heterocycles. The lowest BCUT2D eigenvalue weighted by Crippen LogP contribution is -2.33. The molecule has 0 saturated carbocycles. The molecule has 3 unspecified atom stereocenters. The Hall–Kier alpha value is -1.14. The third-order valence-corrected chi connectivity index (χ3v) is 6.49. The van der Waals surface area contributed by atoms with Crippen LogP contribution >= 0.6 is 23.5 Å². The second-order valence-corrected chi connectivity index (χ2v) is 8.34. The summed E-state index contributed by atoms with van der Waals surface area (Å²) in [6, 6.07) is 0. The average Bonchev–Trinajstić information content (AvgIpc) is 3.31. The van der Waals surface area contributed by atoms with Crippen molar-refractivity contribution in [1.29, 1.82) is 0 Å². The number of ether oxygens (including phenoxy) is 2. The molecule has 142 valence electrons. The van der Waals surface area contributed by atoms with E-state index in [4.69, 9.17) is 9.47 Å². The number of nitrogens with zero attached hydrogens (tertiary/aromatic N) is 6. The molecule has 0 spiro atoms. The Morgan fingerprint density at radius 2 is 1.77 bits per heavy atom. The first-order valence-electron chi connectivity index (χ1n) is 8.74. The Morgan fingerprint density at radius 1 is 1.04 bits per heavy atom. The molecular weight excluding hydrogens is 376 g/mol. The van der Waals surface area contributed by atoms with Crippen molar-refractivity contribution >= 4 is 23.5 Å². The fourth-order valence-corrected chi connectivity index (χ4v) is 4.72. The van der Waals surface area contributed by atoms with E-state index in [0.29, 0.717) is 6.54 Å². The first kappa shape index (κ1) is 18.2. The van der Waals surface area contributed by atoms with Crippen LogP contribution in [0.25, 0.3) is 0 Å². The lowest BCUT2D eigenvalue weighted by molar-refractivity contribution is -0.186. The van der Waals surface area contributed by atoms with Crippen molar-refractivity contribution in [3.05, 3.63) is 12.7 Å². The van der Waals surface area contributed by atoms with Gasteiger partial charge in [0.2, 0.25) is 0 Å². The van der Waals surface area contributed by atoms with E-state index in [9.17, 15) is 5.11 Å². The summed E-state index contributed by atoms with van der Waals surface area (Å²) in [6.45, 7) is 2.31. The van der Waals surface area contributed by atoms with Gasteiger partial charge in [0.25, 0.3) is 0 Å². The number of hydrogen-bond donors (Lipinski definition) is 1. The maximum absolute atomic E-state index is 9.18. The average molecular weight is 399 g/mol. The Morgan fingerprint density at radius 3 is 2.50 bits per heavy atom. The highest BCUT2D eigenvalue weighted by Crippen LogP contribution is 2.26. The lowest BCUT2D eigenvalue weighted by Gasteiger charge is -2.29. The van der Waals surface area contributed by atoms with E-state index in [1.165, 1.54) is 6.42 Å². The van der Waals surface area contributed by atoms with Gasteiger partial charge in [0.15, 0.2) is 16.6 Å². The number of fused-ring (bicyclic) bond motifs is 2. The van der Waals surface area contributed by atoms with Crippen LogP contribution in [0.5, 0.6) is 0 Å². The van der Waals surface area contributed by atoms with E-state index < -0.39 is 0 Å². The predicted octanol–water partition coefficient (Wildman–Crippen LogP) is 1.04. The van der Waals surface area contributed by atoms with Gasteiger partial charge in [-0.15, -0.1) is 20.4 Å². The number of aliphatic hydroxyl groups excluding tert-OH is 1. The monoisotopic (exact) mass is 398 g/mol. The van der Waals surface area contributed by atoms with Gasteiger partial charge in [0, 0.05) is 18.1 Å². The van der Waals surface area contributed by atoms with Gasteiger partial charge in [-0.3, -0.25) is 0 Å². The van der Waals surface area contributed by atoms with Crippen LogP contribution in [0.1, 0.15) is 19.3 Å². The Bertz CT molecular complexity index is 705. The smallest absolute Gasteiger partial charge is 0.191 e. The molecule has 1 fully saturated rings. The van der Waals surface area contributed by atoms with Crippen molar-refractivity contribution in [3.63, 3.8) is 0 Å². The van der Waals surface area contributed by atoms with Crippen molar-refractivity contribution in [3.8, 4) is 0 Å². The summed E-state index contributed by atoms with van der Waals surface area (Å²) < 4.78 is 15.4. The van der Waals surface area contributed by atoms with Gasteiger partial charge in [0.1, 0.15) is 12.7 Å². The summed E-state index contributed by atoms with van der Waals surface area (Å²) in [5.41, 5.74) is 0. The van der Waals surface area contributed by atoms with Crippen molar-refractivity contribution < 1.29 is 14.6 Å². The molecule has 0 bridgehead atoms. The minimum atomic E-state index is -0.242. The molecule has 3 atom stereocenters. The van der Waals surface area contributed by atoms with Crippen LogP contribution in [0, 0.1) is 0 Å². The van der Waals surface area contributed by atoms with E-state index in [-0.39, 0.29) is 18.5 Å². The normalized spacial score (nSPS) is 27.8. The summed E-state index contributed by atoms with van der Waals surface area (Å²) in [6.07, 6.45) is 6.78. The Labute approximate surface area is 159 Å². The quantitative estimate of drug-likeness (QED) is 0.795. The highest BCUT2D eigenvalue weighted by atomic mass is 32.2. The molecule has 1 N–H and O–H groups in total. The zero-order valence-corrected chi connectivity index (χ0v) is 15.9. The molecule has 1 saturated heterocycles. The molecule has 0 radical (unpaired) electrons. The zero-order valence-electron chi connectivity index (χ0n) is 14.3. The van der Waals surface area contributed by atoms with Gasteiger partial charge in [-0.05, 0) is 19.3 Å². The van der Waals surface area contributed by atoms with Crippen LogP contribution in [0.4, 0.5) is 0 Å². The van der Waals surface area contributed by atoms with E-state index >= 15 is 0 Å². The first-order valence-corrected chi connectivity index (χ1v) is 10.7. The van der Waals surface area contributed by atoms with Crippen LogP contribution in [-0.2, 0) is 22.6 Å². The molecule has 0 aromatic carbocycles. The van der Waals surface area contributed by atoms with Crippen LogP contribution in [0.15, 0.2) is 23.0 Å². The van der Waals surface area contributed by atoms with Gasteiger partial charge in [-0.25, -0.2) is 0 Å². The third-order valence-electron chi connectivity index (χ3n) is 4.25. The molecule has 5 heterocycles. The molecule has 26 heavy (non-hydrogen) atoms. The minimum absolute atomic E-state index is 0.00243. The zero-order chi connectivity index (χ0) is 17.8. The van der Waals surface area contributed by atoms with Gasteiger partial charge in [-0.1, -0.05) is 23.5 Å². The molecule has 0 amide bonds. The summed E-state index contributed by atoms with van der Waals surface area (Å²) in [7, 11) is 0. The lowest BCUT2D eigenvalue weighted by atomic mass is 10.2. The molecule has 5 rings (SSSR count). The fraction of sp³-hybridized carbons (Fsp3) is 0.733. The Balaban J connectivity index is 0.000000144. The summed E-state index contributed by atoms with van der Waals surface area (Å²) in [5.74, 6) is 1.68. The highest BCUT2D eigenvalue weighted by Gasteiger charge is 2.25. The topological polar surface area (TPSA) is 100 Å². The molecule has 9 nitrogen and oxygen atoms in total. The van der Waals surface area contributed by atoms with Crippen molar-refractivity contribution in [2.75, 3.05) is 18.1 Å². The Kier molecular flexibility index (Phi) is 6.10. The van der Waals surface area contributed by atoms with Gasteiger partial charge in [-0.2, -0.15) is 0 Å². The van der Waals surface area contributed by atoms with Crippen LogP contribution < -0.4 is 0 Å². The molecule has 3 aliphatic rings. The van der Waals surface area contributed by atoms with Gasteiger partial charge in [0.05, 0.1) is 25.3 Å². The number of aromatic nitrogens is 6. The van der Waals surface area contributed by atoms with E-state index in [1.807, 2.05) is 9.13 Å². The fourth-order valence-electron chi connectivity index (χ4n) is 2.97. The van der Waals surface area contributed by atoms with Crippen molar-refractivity contribution in [1.82, 2.24) is 29.5 Å².